The highest BCUT2D eigenvalue weighted by Crippen LogP contribution is 2.18. The van der Waals surface area contributed by atoms with Crippen molar-refractivity contribution in [1.82, 2.24) is 10.2 Å². The summed E-state index contributed by atoms with van der Waals surface area (Å²) < 4.78 is 0. The molecule has 1 fully saturated rings. The summed E-state index contributed by atoms with van der Waals surface area (Å²) in [7, 11) is 0. The SMILES string of the molecule is C[C@H](NC1CCN(Cc2ccccc2)CC1)c1ccccc1. The Labute approximate surface area is 134 Å². The summed E-state index contributed by atoms with van der Waals surface area (Å²) in [5.41, 5.74) is 2.81. The second kappa shape index (κ2) is 7.57. The van der Waals surface area contributed by atoms with Gasteiger partial charge in [0.15, 0.2) is 0 Å². The Morgan fingerprint density at radius 1 is 0.955 bits per heavy atom. The van der Waals surface area contributed by atoms with Crippen LogP contribution in [-0.4, -0.2) is 24.0 Å². The van der Waals surface area contributed by atoms with Crippen LogP contribution in [0.1, 0.15) is 36.9 Å². The molecule has 1 atom stereocenters. The molecule has 0 radical (unpaired) electrons. The minimum absolute atomic E-state index is 0.437. The molecule has 22 heavy (non-hydrogen) atoms. The summed E-state index contributed by atoms with van der Waals surface area (Å²) in [5, 5.41) is 3.79. The standard InChI is InChI=1S/C20H26N2/c1-17(19-10-6-3-7-11-19)21-20-12-14-22(15-13-20)16-18-8-4-2-5-9-18/h2-11,17,20-21H,12-16H2,1H3/t17-/m0/s1. The van der Waals surface area contributed by atoms with E-state index in [0.717, 1.165) is 6.54 Å². The molecule has 0 aliphatic carbocycles. The molecule has 2 aromatic rings. The number of likely N-dealkylation sites (tertiary alicyclic amines) is 1. The topological polar surface area (TPSA) is 15.3 Å². The number of hydrogen-bond acceptors (Lipinski definition) is 2. The molecule has 0 spiro atoms. The average molecular weight is 294 g/mol. The van der Waals surface area contributed by atoms with E-state index in [4.69, 9.17) is 0 Å². The molecular weight excluding hydrogens is 268 g/mol. The van der Waals surface area contributed by atoms with Gasteiger partial charge in [-0.1, -0.05) is 60.7 Å². The minimum Gasteiger partial charge on any atom is -0.307 e. The smallest absolute Gasteiger partial charge is 0.0294 e. The third-order valence-electron chi connectivity index (χ3n) is 4.62. The van der Waals surface area contributed by atoms with E-state index in [9.17, 15) is 0 Å². The lowest BCUT2D eigenvalue weighted by molar-refractivity contribution is 0.185. The molecule has 2 heteroatoms. The van der Waals surface area contributed by atoms with E-state index in [-0.39, 0.29) is 0 Å². The predicted molar refractivity (Wildman–Crippen MR) is 92.7 cm³/mol. The number of hydrogen-bond donors (Lipinski definition) is 1. The van der Waals surface area contributed by atoms with Crippen LogP contribution in [-0.2, 0) is 6.54 Å². The first kappa shape index (κ1) is 15.3. The van der Waals surface area contributed by atoms with Gasteiger partial charge in [-0.3, -0.25) is 4.90 Å². The van der Waals surface area contributed by atoms with Crippen molar-refractivity contribution in [3.63, 3.8) is 0 Å². The van der Waals surface area contributed by atoms with Gasteiger partial charge in [-0.25, -0.2) is 0 Å². The Balaban J connectivity index is 1.46. The molecule has 0 aromatic heterocycles. The average Bonchev–Trinajstić information content (AvgIpc) is 2.58. The van der Waals surface area contributed by atoms with Crippen molar-refractivity contribution in [2.45, 2.75) is 38.4 Å². The summed E-state index contributed by atoms with van der Waals surface area (Å²) in [6, 6.07) is 22.6. The second-order valence-electron chi connectivity index (χ2n) is 6.34. The fraction of sp³-hybridized carbons (Fsp3) is 0.400. The van der Waals surface area contributed by atoms with Gasteiger partial charge in [0.25, 0.3) is 0 Å². The van der Waals surface area contributed by atoms with E-state index >= 15 is 0 Å². The zero-order chi connectivity index (χ0) is 15.2. The molecule has 1 N–H and O–H groups in total. The third kappa shape index (κ3) is 4.19. The van der Waals surface area contributed by atoms with Crippen molar-refractivity contribution in [2.75, 3.05) is 13.1 Å². The van der Waals surface area contributed by atoms with E-state index < -0.39 is 0 Å². The zero-order valence-corrected chi connectivity index (χ0v) is 13.4. The molecule has 3 rings (SSSR count). The highest BCUT2D eigenvalue weighted by atomic mass is 15.1. The van der Waals surface area contributed by atoms with Crippen molar-refractivity contribution in [3.05, 3.63) is 71.8 Å². The van der Waals surface area contributed by atoms with Crippen LogP contribution in [0.4, 0.5) is 0 Å². The maximum Gasteiger partial charge on any atom is 0.0294 e. The second-order valence-corrected chi connectivity index (χ2v) is 6.34. The summed E-state index contributed by atoms with van der Waals surface area (Å²) >= 11 is 0. The molecule has 2 aromatic carbocycles. The maximum atomic E-state index is 3.79. The summed E-state index contributed by atoms with van der Waals surface area (Å²) in [6.45, 7) is 5.73. The summed E-state index contributed by atoms with van der Waals surface area (Å²) in [4.78, 5) is 2.57. The Morgan fingerprint density at radius 2 is 1.55 bits per heavy atom. The molecule has 1 saturated heterocycles. The van der Waals surface area contributed by atoms with Crippen LogP contribution in [0.25, 0.3) is 0 Å². The van der Waals surface area contributed by atoms with Crippen LogP contribution in [0.3, 0.4) is 0 Å². The fourth-order valence-electron chi connectivity index (χ4n) is 3.29. The number of nitrogens with one attached hydrogen (secondary N) is 1. The minimum atomic E-state index is 0.437. The lowest BCUT2D eigenvalue weighted by Crippen LogP contribution is -2.42. The largest absolute Gasteiger partial charge is 0.307 e. The number of nitrogens with zero attached hydrogens (tertiary/aromatic N) is 1. The molecule has 1 aliphatic rings. The summed E-state index contributed by atoms with van der Waals surface area (Å²) in [5.74, 6) is 0. The normalized spacial score (nSPS) is 18.2. The first-order valence-electron chi connectivity index (χ1n) is 8.38. The van der Waals surface area contributed by atoms with Gasteiger partial charge in [0.1, 0.15) is 0 Å². The van der Waals surface area contributed by atoms with Crippen molar-refractivity contribution in [2.24, 2.45) is 0 Å². The van der Waals surface area contributed by atoms with Crippen molar-refractivity contribution < 1.29 is 0 Å². The fourth-order valence-corrected chi connectivity index (χ4v) is 3.29. The van der Waals surface area contributed by atoms with Gasteiger partial charge in [0.2, 0.25) is 0 Å². The number of benzene rings is 2. The van der Waals surface area contributed by atoms with Gasteiger partial charge in [-0.05, 0) is 44.0 Å². The van der Waals surface area contributed by atoms with Gasteiger partial charge in [0.05, 0.1) is 0 Å². The first-order chi connectivity index (χ1) is 10.8. The number of rotatable bonds is 5. The Hall–Kier alpha value is -1.64. The molecule has 116 valence electrons. The van der Waals surface area contributed by atoms with Crippen molar-refractivity contribution >= 4 is 0 Å². The van der Waals surface area contributed by atoms with E-state index in [1.54, 1.807) is 0 Å². The lowest BCUT2D eigenvalue weighted by Gasteiger charge is -2.34. The molecule has 2 nitrogen and oxygen atoms in total. The lowest BCUT2D eigenvalue weighted by atomic mass is 10.0. The van der Waals surface area contributed by atoms with Gasteiger partial charge in [0, 0.05) is 18.6 Å². The van der Waals surface area contributed by atoms with Crippen LogP contribution in [0.5, 0.6) is 0 Å². The monoisotopic (exact) mass is 294 g/mol. The Kier molecular flexibility index (Phi) is 5.25. The quantitative estimate of drug-likeness (QED) is 0.896. The highest BCUT2D eigenvalue weighted by Gasteiger charge is 2.20. The van der Waals surface area contributed by atoms with Gasteiger partial charge < -0.3 is 5.32 Å². The van der Waals surface area contributed by atoms with E-state index in [1.165, 1.54) is 37.1 Å². The maximum absolute atomic E-state index is 3.79. The van der Waals surface area contributed by atoms with Crippen molar-refractivity contribution in [1.29, 1.82) is 0 Å². The molecule has 0 unspecified atom stereocenters. The molecule has 0 saturated carbocycles. The van der Waals surface area contributed by atoms with Gasteiger partial charge >= 0.3 is 0 Å². The van der Waals surface area contributed by atoms with E-state index in [2.05, 4.69) is 77.8 Å². The van der Waals surface area contributed by atoms with Crippen molar-refractivity contribution in [3.8, 4) is 0 Å². The van der Waals surface area contributed by atoms with Crippen LogP contribution in [0, 0.1) is 0 Å². The number of piperidine rings is 1. The Bertz CT molecular complexity index is 544. The van der Waals surface area contributed by atoms with Gasteiger partial charge in [-0.2, -0.15) is 0 Å². The Morgan fingerprint density at radius 3 is 2.18 bits per heavy atom. The van der Waals surface area contributed by atoms with E-state index in [0.29, 0.717) is 12.1 Å². The van der Waals surface area contributed by atoms with Crippen LogP contribution >= 0.6 is 0 Å². The molecule has 1 aliphatic heterocycles. The molecule has 0 bridgehead atoms. The zero-order valence-electron chi connectivity index (χ0n) is 13.4. The molecular formula is C20H26N2. The predicted octanol–water partition coefficient (Wildman–Crippen LogP) is 4.00. The highest BCUT2D eigenvalue weighted by molar-refractivity contribution is 5.18. The van der Waals surface area contributed by atoms with Crippen LogP contribution in [0.15, 0.2) is 60.7 Å². The molecule has 0 amide bonds. The molecule has 1 heterocycles. The van der Waals surface area contributed by atoms with Gasteiger partial charge in [-0.15, -0.1) is 0 Å². The van der Waals surface area contributed by atoms with Crippen LogP contribution < -0.4 is 5.32 Å². The van der Waals surface area contributed by atoms with Crippen LogP contribution in [0.2, 0.25) is 0 Å². The first-order valence-corrected chi connectivity index (χ1v) is 8.38. The van der Waals surface area contributed by atoms with E-state index in [1.807, 2.05) is 0 Å². The third-order valence-corrected chi connectivity index (χ3v) is 4.62. The summed E-state index contributed by atoms with van der Waals surface area (Å²) in [6.07, 6.45) is 2.48.